The molecule has 6 heteroatoms. The van der Waals surface area contributed by atoms with Crippen LogP contribution in [0.4, 0.5) is 0 Å². The summed E-state index contributed by atoms with van der Waals surface area (Å²) in [6.07, 6.45) is 0.280. The maximum atomic E-state index is 12.5. The Kier molecular flexibility index (Phi) is 5.08. The molecule has 0 radical (unpaired) electrons. The summed E-state index contributed by atoms with van der Waals surface area (Å²) in [4.78, 5) is 26.0. The van der Waals surface area contributed by atoms with Gasteiger partial charge in [-0.05, 0) is 29.5 Å². The molecule has 0 aliphatic heterocycles. The lowest BCUT2D eigenvalue weighted by Crippen LogP contribution is -2.32. The molecule has 0 spiro atoms. The van der Waals surface area contributed by atoms with E-state index in [1.54, 1.807) is 27.5 Å². The molecule has 2 aromatic heterocycles. The minimum absolute atomic E-state index is 0.0109. The summed E-state index contributed by atoms with van der Waals surface area (Å²) in [5.41, 5.74) is 1.65. The van der Waals surface area contributed by atoms with Gasteiger partial charge >= 0.3 is 5.69 Å². The van der Waals surface area contributed by atoms with Crippen LogP contribution < -0.4 is 11.0 Å². The number of carbonyl (C=O) groups excluding carboxylic acids is 1. The molecule has 1 N–H and O–H groups in total. The van der Waals surface area contributed by atoms with Crippen LogP contribution in [0.1, 0.15) is 31.2 Å². The van der Waals surface area contributed by atoms with Crippen molar-refractivity contribution in [2.75, 3.05) is 0 Å². The minimum Gasteiger partial charge on any atom is -0.348 e. The summed E-state index contributed by atoms with van der Waals surface area (Å²) in [5.74, 6) is 0.273. The van der Waals surface area contributed by atoms with Gasteiger partial charge in [-0.2, -0.15) is 0 Å². The summed E-state index contributed by atoms with van der Waals surface area (Å²) < 4.78 is 3.29. The average Bonchev–Trinajstić information content (AvgIpc) is 3.20. The first-order valence-corrected chi connectivity index (χ1v) is 9.34. The lowest BCUT2D eigenvalue weighted by molar-refractivity contribution is -0.122. The first-order chi connectivity index (χ1) is 12.0. The fraction of sp³-hybridized carbons (Fsp3) is 0.368. The molecular weight excluding hydrogens is 334 g/mol. The van der Waals surface area contributed by atoms with Crippen LogP contribution in [0.15, 0.2) is 46.6 Å². The van der Waals surface area contributed by atoms with Gasteiger partial charge in [-0.15, -0.1) is 11.3 Å². The van der Waals surface area contributed by atoms with Crippen LogP contribution in [-0.2, 0) is 18.4 Å². The fourth-order valence-corrected chi connectivity index (χ4v) is 4.02. The number of carbonyl (C=O) groups is 1. The molecule has 3 rings (SSSR count). The number of hydrogen-bond acceptors (Lipinski definition) is 3. The third-order valence-electron chi connectivity index (χ3n) is 4.45. The number of hydrogen-bond donors (Lipinski definition) is 1. The molecule has 0 bridgehead atoms. The number of thiophene rings is 1. The molecule has 25 heavy (non-hydrogen) atoms. The van der Waals surface area contributed by atoms with E-state index in [0.29, 0.717) is 12.5 Å². The van der Waals surface area contributed by atoms with Crippen LogP contribution in [0.25, 0.3) is 11.0 Å². The predicted octanol–water partition coefficient (Wildman–Crippen LogP) is 3.31. The number of aromatic nitrogens is 2. The van der Waals surface area contributed by atoms with Crippen LogP contribution in [0.5, 0.6) is 0 Å². The summed E-state index contributed by atoms with van der Waals surface area (Å²) in [6, 6.07) is 11.7. The van der Waals surface area contributed by atoms with Crippen molar-refractivity contribution in [1.29, 1.82) is 0 Å². The molecule has 0 saturated carbocycles. The van der Waals surface area contributed by atoms with Gasteiger partial charge in [0, 0.05) is 24.9 Å². The standard InChI is InChI=1S/C19H23N3O2S/c1-13(2)18(16-9-6-12-25-16)20-17(23)10-11-22-15-8-5-4-7-14(15)21(3)19(22)24/h4-9,12-13,18H,10-11H2,1-3H3,(H,20,23). The highest BCUT2D eigenvalue weighted by Gasteiger charge is 2.19. The van der Waals surface area contributed by atoms with Crippen molar-refractivity contribution >= 4 is 28.3 Å². The van der Waals surface area contributed by atoms with Gasteiger partial charge in [0.25, 0.3) is 0 Å². The summed E-state index contributed by atoms with van der Waals surface area (Å²) in [7, 11) is 1.76. The van der Waals surface area contributed by atoms with Gasteiger partial charge in [0.05, 0.1) is 17.1 Å². The van der Waals surface area contributed by atoms with Gasteiger partial charge in [-0.1, -0.05) is 32.0 Å². The van der Waals surface area contributed by atoms with Gasteiger partial charge in [-0.25, -0.2) is 4.79 Å². The normalized spacial score (nSPS) is 12.6. The van der Waals surface area contributed by atoms with E-state index in [2.05, 4.69) is 19.2 Å². The topological polar surface area (TPSA) is 56.0 Å². The Morgan fingerprint density at radius 3 is 2.52 bits per heavy atom. The van der Waals surface area contributed by atoms with Crippen molar-refractivity contribution in [2.24, 2.45) is 13.0 Å². The molecule has 0 aliphatic carbocycles. The van der Waals surface area contributed by atoms with E-state index in [1.807, 2.05) is 41.8 Å². The first kappa shape index (κ1) is 17.5. The molecule has 3 aromatic rings. The molecule has 1 atom stereocenters. The summed E-state index contributed by atoms with van der Waals surface area (Å²) >= 11 is 1.65. The summed E-state index contributed by atoms with van der Waals surface area (Å²) in [6.45, 7) is 4.57. The maximum Gasteiger partial charge on any atom is 0.328 e. The second-order valence-corrected chi connectivity index (χ2v) is 7.52. The zero-order valence-corrected chi connectivity index (χ0v) is 15.5. The van der Waals surface area contributed by atoms with Crippen molar-refractivity contribution in [3.05, 3.63) is 57.1 Å². The molecule has 1 aromatic carbocycles. The Morgan fingerprint density at radius 2 is 1.88 bits per heavy atom. The predicted molar refractivity (Wildman–Crippen MR) is 102 cm³/mol. The third-order valence-corrected chi connectivity index (χ3v) is 5.40. The molecule has 0 aliphatic rings. The molecule has 1 amide bonds. The van der Waals surface area contributed by atoms with Gasteiger partial charge in [0.1, 0.15) is 0 Å². The molecular formula is C19H23N3O2S. The lowest BCUT2D eigenvalue weighted by Gasteiger charge is -2.21. The number of para-hydroxylation sites is 2. The monoisotopic (exact) mass is 357 g/mol. The third kappa shape index (κ3) is 3.54. The Bertz CT molecular complexity index is 922. The number of fused-ring (bicyclic) bond motifs is 1. The maximum absolute atomic E-state index is 12.5. The van der Waals surface area contributed by atoms with Gasteiger partial charge < -0.3 is 5.32 Å². The van der Waals surface area contributed by atoms with Crippen LogP contribution >= 0.6 is 11.3 Å². The molecule has 0 fully saturated rings. The molecule has 0 saturated heterocycles. The van der Waals surface area contributed by atoms with Crippen LogP contribution in [-0.4, -0.2) is 15.0 Å². The van der Waals surface area contributed by atoms with Crippen molar-refractivity contribution in [3.8, 4) is 0 Å². The fourth-order valence-electron chi connectivity index (χ4n) is 3.07. The van der Waals surface area contributed by atoms with Crippen molar-refractivity contribution in [3.63, 3.8) is 0 Å². The number of imidazole rings is 1. The van der Waals surface area contributed by atoms with E-state index in [-0.39, 0.29) is 24.1 Å². The van der Waals surface area contributed by atoms with Crippen molar-refractivity contribution < 1.29 is 4.79 Å². The number of nitrogens with zero attached hydrogens (tertiary/aromatic N) is 2. The van der Waals surface area contributed by atoms with E-state index in [9.17, 15) is 9.59 Å². The number of amides is 1. The average molecular weight is 357 g/mol. The van der Waals surface area contributed by atoms with E-state index >= 15 is 0 Å². The van der Waals surface area contributed by atoms with Crippen molar-refractivity contribution in [2.45, 2.75) is 32.9 Å². The minimum atomic E-state index is -0.0901. The molecule has 2 heterocycles. The highest BCUT2D eigenvalue weighted by molar-refractivity contribution is 7.10. The Hall–Kier alpha value is -2.34. The van der Waals surface area contributed by atoms with Crippen LogP contribution in [0.2, 0.25) is 0 Å². The Morgan fingerprint density at radius 1 is 1.16 bits per heavy atom. The van der Waals surface area contributed by atoms with E-state index in [0.717, 1.165) is 15.9 Å². The van der Waals surface area contributed by atoms with E-state index in [1.165, 1.54) is 0 Å². The van der Waals surface area contributed by atoms with Gasteiger partial charge in [0.15, 0.2) is 0 Å². The van der Waals surface area contributed by atoms with Crippen LogP contribution in [0, 0.1) is 5.92 Å². The van der Waals surface area contributed by atoms with Gasteiger partial charge in [-0.3, -0.25) is 13.9 Å². The SMILES string of the molecule is CC(C)C(NC(=O)CCn1c(=O)n(C)c2ccccc21)c1cccs1. The quantitative estimate of drug-likeness (QED) is 0.736. The largest absolute Gasteiger partial charge is 0.348 e. The van der Waals surface area contributed by atoms with Crippen LogP contribution in [0.3, 0.4) is 0 Å². The van der Waals surface area contributed by atoms with Crippen molar-refractivity contribution in [1.82, 2.24) is 14.5 Å². The summed E-state index contributed by atoms with van der Waals surface area (Å²) in [5, 5.41) is 5.13. The number of benzene rings is 1. The van der Waals surface area contributed by atoms with Gasteiger partial charge in [0.2, 0.25) is 5.91 Å². The Balaban J connectivity index is 1.73. The van der Waals surface area contributed by atoms with E-state index in [4.69, 9.17) is 0 Å². The Labute approximate surface area is 150 Å². The highest BCUT2D eigenvalue weighted by atomic mass is 32.1. The highest BCUT2D eigenvalue weighted by Crippen LogP contribution is 2.25. The zero-order valence-electron chi connectivity index (χ0n) is 14.7. The number of rotatable bonds is 6. The molecule has 1 unspecified atom stereocenters. The molecule has 132 valence electrons. The second-order valence-electron chi connectivity index (χ2n) is 6.54. The second kappa shape index (κ2) is 7.27. The zero-order chi connectivity index (χ0) is 18.0. The first-order valence-electron chi connectivity index (χ1n) is 8.46. The number of nitrogens with one attached hydrogen (secondary N) is 1. The lowest BCUT2D eigenvalue weighted by atomic mass is 10.0. The molecule has 5 nitrogen and oxygen atoms in total. The smallest absolute Gasteiger partial charge is 0.328 e. The number of aryl methyl sites for hydroxylation is 2. The van der Waals surface area contributed by atoms with E-state index < -0.39 is 0 Å².